The molecular weight excluding hydrogens is 200 g/mol. The molecule has 0 radical (unpaired) electrons. The minimum atomic E-state index is -0.0787. The van der Waals surface area contributed by atoms with Gasteiger partial charge in [-0.25, -0.2) is 0 Å². The third-order valence-electron chi connectivity index (χ3n) is 2.30. The fraction of sp³-hybridized carbons (Fsp3) is 0.154. The molecule has 0 bridgehead atoms. The molecule has 0 unspecified atom stereocenters. The second-order valence-corrected chi connectivity index (χ2v) is 3.38. The van der Waals surface area contributed by atoms with Crippen LogP contribution >= 0.6 is 0 Å². The number of pyridine rings is 1. The Morgan fingerprint density at radius 2 is 2.19 bits per heavy atom. The smallest absolute Gasteiger partial charge is 0.257 e. The van der Waals surface area contributed by atoms with Gasteiger partial charge in [-0.1, -0.05) is 24.1 Å². The largest absolute Gasteiger partial charge is 0.361 e. The Kier molecular flexibility index (Phi) is 2.93. The predicted molar refractivity (Wildman–Crippen MR) is 66.5 cm³/mol. The maximum Gasteiger partial charge on any atom is 0.257 e. The van der Waals surface area contributed by atoms with Crippen LogP contribution in [0.4, 0.5) is 5.82 Å². The number of anilines is 1. The predicted octanol–water partition coefficient (Wildman–Crippen LogP) is 1.96. The van der Waals surface area contributed by atoms with E-state index in [0.29, 0.717) is 17.7 Å². The van der Waals surface area contributed by atoms with Gasteiger partial charge in [0.2, 0.25) is 0 Å². The van der Waals surface area contributed by atoms with Gasteiger partial charge in [0.1, 0.15) is 5.82 Å². The van der Waals surface area contributed by atoms with Crippen LogP contribution < -0.4 is 10.9 Å². The molecule has 0 aliphatic heterocycles. The van der Waals surface area contributed by atoms with Crippen LogP contribution in [0.25, 0.3) is 10.8 Å². The molecule has 0 saturated heterocycles. The molecule has 0 aliphatic rings. The number of benzene rings is 1. The van der Waals surface area contributed by atoms with Crippen molar-refractivity contribution >= 4 is 16.6 Å². The zero-order valence-electron chi connectivity index (χ0n) is 9.00. The molecule has 3 heteroatoms. The van der Waals surface area contributed by atoms with Crippen LogP contribution in [0, 0.1) is 11.8 Å². The highest BCUT2D eigenvalue weighted by Crippen LogP contribution is 2.12. The van der Waals surface area contributed by atoms with Gasteiger partial charge in [-0.2, -0.15) is 0 Å². The van der Waals surface area contributed by atoms with Crippen LogP contribution in [-0.2, 0) is 0 Å². The van der Waals surface area contributed by atoms with Crippen LogP contribution in [0.3, 0.4) is 0 Å². The Hall–Kier alpha value is -2.21. The lowest BCUT2D eigenvalue weighted by Gasteiger charge is -2.03. The second-order valence-electron chi connectivity index (χ2n) is 3.38. The summed E-state index contributed by atoms with van der Waals surface area (Å²) in [6.07, 6.45) is 0. The summed E-state index contributed by atoms with van der Waals surface area (Å²) in [5.74, 6) is 6.37. The van der Waals surface area contributed by atoms with E-state index < -0.39 is 0 Å². The van der Waals surface area contributed by atoms with Gasteiger partial charge in [-0.3, -0.25) is 4.79 Å². The van der Waals surface area contributed by atoms with Crippen LogP contribution in [0.1, 0.15) is 6.92 Å². The summed E-state index contributed by atoms with van der Waals surface area (Å²) >= 11 is 0. The van der Waals surface area contributed by atoms with Crippen molar-refractivity contribution < 1.29 is 0 Å². The fourth-order valence-corrected chi connectivity index (χ4v) is 1.53. The summed E-state index contributed by atoms with van der Waals surface area (Å²) in [6, 6.07) is 9.41. The molecule has 2 N–H and O–H groups in total. The van der Waals surface area contributed by atoms with Gasteiger partial charge < -0.3 is 10.3 Å². The van der Waals surface area contributed by atoms with E-state index >= 15 is 0 Å². The van der Waals surface area contributed by atoms with Crippen LogP contribution in [0.5, 0.6) is 0 Å². The molecule has 1 heterocycles. The first-order valence-electron chi connectivity index (χ1n) is 5.07. The van der Waals surface area contributed by atoms with Gasteiger partial charge in [0.15, 0.2) is 0 Å². The standard InChI is InChI=1S/C13H12N2O/c1-2-3-8-14-12-9-10-6-4-5-7-11(10)13(16)15-12/h4-7,9H,8H2,1H3,(H2,14,15,16). The van der Waals surface area contributed by atoms with Crippen molar-refractivity contribution in [1.82, 2.24) is 4.98 Å². The van der Waals surface area contributed by atoms with E-state index in [1.807, 2.05) is 30.3 Å². The summed E-state index contributed by atoms with van der Waals surface area (Å²) < 4.78 is 0. The van der Waals surface area contributed by atoms with Gasteiger partial charge in [0, 0.05) is 5.39 Å². The lowest BCUT2D eigenvalue weighted by atomic mass is 10.2. The number of rotatable bonds is 2. The number of nitrogens with one attached hydrogen (secondary N) is 2. The zero-order valence-corrected chi connectivity index (χ0v) is 9.00. The Morgan fingerprint density at radius 1 is 1.38 bits per heavy atom. The number of H-pyrrole nitrogens is 1. The van der Waals surface area contributed by atoms with Crippen molar-refractivity contribution in [3.05, 3.63) is 40.7 Å². The van der Waals surface area contributed by atoms with E-state index in [0.717, 1.165) is 5.39 Å². The minimum Gasteiger partial charge on any atom is -0.361 e. The van der Waals surface area contributed by atoms with Gasteiger partial charge in [-0.15, -0.1) is 5.92 Å². The van der Waals surface area contributed by atoms with Crippen molar-refractivity contribution in [3.8, 4) is 11.8 Å². The van der Waals surface area contributed by atoms with Crippen LogP contribution in [0.2, 0.25) is 0 Å². The number of hydrogen-bond acceptors (Lipinski definition) is 2. The lowest BCUT2D eigenvalue weighted by Crippen LogP contribution is -2.10. The summed E-state index contributed by atoms with van der Waals surface area (Å²) in [5, 5.41) is 4.68. The highest BCUT2D eigenvalue weighted by Gasteiger charge is 1.99. The zero-order chi connectivity index (χ0) is 11.4. The van der Waals surface area contributed by atoms with E-state index in [1.165, 1.54) is 0 Å². The van der Waals surface area contributed by atoms with Crippen LogP contribution in [-0.4, -0.2) is 11.5 Å². The van der Waals surface area contributed by atoms with Crippen molar-refractivity contribution in [2.75, 3.05) is 11.9 Å². The number of aromatic nitrogens is 1. The number of aromatic amines is 1. The van der Waals surface area contributed by atoms with E-state index in [2.05, 4.69) is 22.1 Å². The summed E-state index contributed by atoms with van der Waals surface area (Å²) in [4.78, 5) is 14.5. The van der Waals surface area contributed by atoms with Gasteiger partial charge >= 0.3 is 0 Å². The highest BCUT2D eigenvalue weighted by atomic mass is 16.1. The molecule has 0 aliphatic carbocycles. The maximum absolute atomic E-state index is 11.7. The van der Waals surface area contributed by atoms with Gasteiger partial charge in [0.05, 0.1) is 6.54 Å². The molecule has 1 aromatic heterocycles. The minimum absolute atomic E-state index is 0.0787. The highest BCUT2D eigenvalue weighted by molar-refractivity contribution is 5.83. The Labute approximate surface area is 93.5 Å². The molecule has 2 aromatic rings. The number of fused-ring (bicyclic) bond motifs is 1. The van der Waals surface area contributed by atoms with Crippen molar-refractivity contribution in [2.24, 2.45) is 0 Å². The van der Waals surface area contributed by atoms with E-state index in [4.69, 9.17) is 0 Å². The summed E-state index contributed by atoms with van der Waals surface area (Å²) in [6.45, 7) is 2.32. The topological polar surface area (TPSA) is 44.9 Å². The first-order chi connectivity index (χ1) is 7.81. The molecule has 1 aromatic carbocycles. The molecule has 0 fully saturated rings. The second kappa shape index (κ2) is 4.54. The van der Waals surface area contributed by atoms with E-state index in [-0.39, 0.29) is 5.56 Å². The molecule has 0 atom stereocenters. The third kappa shape index (κ3) is 2.06. The van der Waals surface area contributed by atoms with Crippen molar-refractivity contribution in [3.63, 3.8) is 0 Å². The molecular formula is C13H12N2O. The average Bonchev–Trinajstić information content (AvgIpc) is 2.30. The SMILES string of the molecule is CC#CCNc1cc2ccccc2c(=O)[nH]1. The third-order valence-corrected chi connectivity index (χ3v) is 2.30. The number of hydrogen-bond donors (Lipinski definition) is 2. The van der Waals surface area contributed by atoms with Gasteiger partial charge in [-0.05, 0) is 24.4 Å². The normalized spacial score (nSPS) is 9.56. The molecule has 0 spiro atoms. The quantitative estimate of drug-likeness (QED) is 0.747. The van der Waals surface area contributed by atoms with Crippen molar-refractivity contribution in [2.45, 2.75) is 6.92 Å². The first kappa shape index (κ1) is 10.3. The molecule has 16 heavy (non-hydrogen) atoms. The Bertz CT molecular complexity index is 617. The molecule has 0 saturated carbocycles. The first-order valence-corrected chi connectivity index (χ1v) is 5.07. The molecule has 3 nitrogen and oxygen atoms in total. The molecule has 0 amide bonds. The van der Waals surface area contributed by atoms with Crippen LogP contribution in [0.15, 0.2) is 35.1 Å². The fourth-order valence-electron chi connectivity index (χ4n) is 1.53. The Morgan fingerprint density at radius 3 is 3.00 bits per heavy atom. The van der Waals surface area contributed by atoms with Crippen molar-refractivity contribution in [1.29, 1.82) is 0 Å². The molecule has 2 rings (SSSR count). The maximum atomic E-state index is 11.7. The van der Waals surface area contributed by atoms with Gasteiger partial charge in [0.25, 0.3) is 5.56 Å². The molecule has 80 valence electrons. The average molecular weight is 212 g/mol. The Balaban J connectivity index is 2.40. The lowest BCUT2D eigenvalue weighted by molar-refractivity contribution is 1.22. The summed E-state index contributed by atoms with van der Waals surface area (Å²) in [7, 11) is 0. The van der Waals surface area contributed by atoms with E-state index in [1.54, 1.807) is 6.92 Å². The summed E-state index contributed by atoms with van der Waals surface area (Å²) in [5.41, 5.74) is -0.0787. The monoisotopic (exact) mass is 212 g/mol. The van der Waals surface area contributed by atoms with E-state index in [9.17, 15) is 4.79 Å².